The van der Waals surface area contributed by atoms with E-state index < -0.39 is 7.37 Å². The van der Waals surface area contributed by atoms with Crippen LogP contribution >= 0.6 is 7.37 Å². The molecule has 0 unspecified atom stereocenters. The average Bonchev–Trinajstić information content (AvgIpc) is 1.98. The van der Waals surface area contributed by atoms with Crippen LogP contribution in [0.15, 0.2) is 0 Å². The van der Waals surface area contributed by atoms with E-state index in [9.17, 15) is 9.36 Å². The van der Waals surface area contributed by atoms with Crippen molar-refractivity contribution in [2.45, 2.75) is 66.2 Å². The summed E-state index contributed by atoms with van der Waals surface area (Å²) >= 11 is 0. The number of carbonyl (C=O) groups excluding carboxylic acids is 1. The average molecular weight is 248 g/mol. The minimum Gasteiger partial charge on any atom is -0.411 e. The summed E-state index contributed by atoms with van der Waals surface area (Å²) in [6.45, 7) is 13.2. The van der Waals surface area contributed by atoms with E-state index in [0.29, 0.717) is 6.42 Å². The highest BCUT2D eigenvalue weighted by molar-refractivity contribution is 7.60. The van der Waals surface area contributed by atoms with E-state index in [1.54, 1.807) is 0 Å². The lowest BCUT2D eigenvalue weighted by Crippen LogP contribution is -2.19. The zero-order valence-electron chi connectivity index (χ0n) is 11.5. The fraction of sp³-hybridized carbons (Fsp3) is 0.917. The summed E-state index contributed by atoms with van der Waals surface area (Å²) in [7, 11) is -2.85. The van der Waals surface area contributed by atoms with Crippen LogP contribution in [0.1, 0.15) is 54.9 Å². The molecule has 0 amide bonds. The Bertz CT molecular complexity index is 275. The Hall–Kier alpha value is -0.300. The Labute approximate surface area is 99.4 Å². The molecule has 96 valence electrons. The number of hydrogen-bond acceptors (Lipinski definition) is 3. The lowest BCUT2D eigenvalue weighted by atomic mass is 9.93. The molecule has 0 aliphatic carbocycles. The summed E-state index contributed by atoms with van der Waals surface area (Å²) in [5.74, 6) is -0.349. The van der Waals surface area contributed by atoms with Gasteiger partial charge in [0.05, 0.1) is 6.42 Å². The molecule has 0 rings (SSSR count). The highest BCUT2D eigenvalue weighted by atomic mass is 31.2. The van der Waals surface area contributed by atoms with E-state index in [4.69, 9.17) is 4.52 Å². The molecule has 0 spiro atoms. The predicted molar refractivity (Wildman–Crippen MR) is 68.0 cm³/mol. The van der Waals surface area contributed by atoms with Gasteiger partial charge >= 0.3 is 5.97 Å². The topological polar surface area (TPSA) is 43.4 Å². The molecular weight excluding hydrogens is 223 g/mol. The van der Waals surface area contributed by atoms with Gasteiger partial charge in [-0.2, -0.15) is 0 Å². The Balaban J connectivity index is 4.68. The Morgan fingerprint density at radius 1 is 1.12 bits per heavy atom. The van der Waals surface area contributed by atoms with Crippen LogP contribution in [0.4, 0.5) is 0 Å². The van der Waals surface area contributed by atoms with Gasteiger partial charge in [0.15, 0.2) is 0 Å². The second-order valence-corrected chi connectivity index (χ2v) is 9.57. The molecule has 0 aromatic rings. The van der Waals surface area contributed by atoms with Crippen molar-refractivity contribution in [2.24, 2.45) is 5.41 Å². The lowest BCUT2D eigenvalue weighted by Gasteiger charge is -2.27. The maximum atomic E-state index is 12.5. The molecule has 3 nitrogen and oxygen atoms in total. The van der Waals surface area contributed by atoms with Gasteiger partial charge in [0.1, 0.15) is 0 Å². The monoisotopic (exact) mass is 248 g/mol. The van der Waals surface area contributed by atoms with Crippen molar-refractivity contribution in [3.8, 4) is 0 Å². The Morgan fingerprint density at radius 3 is 1.75 bits per heavy atom. The van der Waals surface area contributed by atoms with Crippen molar-refractivity contribution in [2.75, 3.05) is 0 Å². The van der Waals surface area contributed by atoms with Crippen LogP contribution in [0.5, 0.6) is 0 Å². The van der Waals surface area contributed by atoms with Gasteiger partial charge in [0.25, 0.3) is 7.37 Å². The summed E-state index contributed by atoms with van der Waals surface area (Å²) in [6, 6.07) is 0. The molecule has 0 fully saturated rings. The van der Waals surface area contributed by atoms with Crippen LogP contribution < -0.4 is 0 Å². The van der Waals surface area contributed by atoms with E-state index in [1.807, 2.05) is 48.5 Å². The SMILES string of the molecule is CC(C)P(=O)(OC(=O)CC(C)(C)C)C(C)C. The maximum absolute atomic E-state index is 12.5. The lowest BCUT2D eigenvalue weighted by molar-refractivity contribution is -0.136. The third kappa shape index (κ3) is 4.69. The summed E-state index contributed by atoms with van der Waals surface area (Å²) in [6.07, 6.45) is 0.302. The highest BCUT2D eigenvalue weighted by Gasteiger charge is 2.35. The van der Waals surface area contributed by atoms with Crippen LogP contribution in [0.3, 0.4) is 0 Å². The third-order valence-electron chi connectivity index (χ3n) is 2.36. The first-order valence-corrected chi connectivity index (χ1v) is 7.57. The smallest absolute Gasteiger partial charge is 0.311 e. The fourth-order valence-corrected chi connectivity index (χ4v) is 3.43. The molecule has 0 atom stereocenters. The van der Waals surface area contributed by atoms with E-state index in [-0.39, 0.29) is 22.7 Å². The van der Waals surface area contributed by atoms with E-state index in [1.165, 1.54) is 0 Å². The summed E-state index contributed by atoms with van der Waals surface area (Å²) in [5, 5.41) is 0. The minimum absolute atomic E-state index is 0.114. The molecule has 16 heavy (non-hydrogen) atoms. The van der Waals surface area contributed by atoms with Gasteiger partial charge in [-0.15, -0.1) is 0 Å². The quantitative estimate of drug-likeness (QED) is 0.704. The van der Waals surface area contributed by atoms with E-state index in [2.05, 4.69) is 0 Å². The Kier molecular flexibility index (Phi) is 5.25. The van der Waals surface area contributed by atoms with Crippen molar-refractivity contribution in [3.05, 3.63) is 0 Å². The van der Waals surface area contributed by atoms with Gasteiger partial charge in [-0.25, -0.2) is 0 Å². The zero-order valence-corrected chi connectivity index (χ0v) is 12.4. The van der Waals surface area contributed by atoms with E-state index in [0.717, 1.165) is 0 Å². The van der Waals surface area contributed by atoms with Crippen LogP contribution in [0.25, 0.3) is 0 Å². The predicted octanol–water partition coefficient (Wildman–Crippen LogP) is 4.06. The fourth-order valence-electron chi connectivity index (χ4n) is 1.43. The van der Waals surface area contributed by atoms with Gasteiger partial charge in [-0.05, 0) is 5.41 Å². The van der Waals surface area contributed by atoms with Crippen LogP contribution in [-0.2, 0) is 13.9 Å². The summed E-state index contributed by atoms with van der Waals surface area (Å²) in [5.41, 5.74) is -0.358. The summed E-state index contributed by atoms with van der Waals surface area (Å²) in [4.78, 5) is 11.7. The van der Waals surface area contributed by atoms with Crippen molar-refractivity contribution in [1.29, 1.82) is 0 Å². The minimum atomic E-state index is -2.85. The van der Waals surface area contributed by atoms with Crippen LogP contribution in [0.2, 0.25) is 0 Å². The van der Waals surface area contributed by atoms with Crippen molar-refractivity contribution < 1.29 is 13.9 Å². The largest absolute Gasteiger partial charge is 0.411 e. The Morgan fingerprint density at radius 2 is 1.50 bits per heavy atom. The number of rotatable bonds is 4. The molecule has 0 bridgehead atoms. The highest BCUT2D eigenvalue weighted by Crippen LogP contribution is 2.56. The molecule has 0 N–H and O–H groups in total. The molecular formula is C12H25O3P. The van der Waals surface area contributed by atoms with Gasteiger partial charge in [0, 0.05) is 11.3 Å². The molecule has 4 heteroatoms. The standard InChI is InChI=1S/C12H25O3P/c1-9(2)16(14,10(3)4)15-11(13)8-12(5,6)7/h9-10H,8H2,1-7H3. The first kappa shape index (κ1) is 15.7. The second kappa shape index (κ2) is 5.35. The van der Waals surface area contributed by atoms with Crippen molar-refractivity contribution in [3.63, 3.8) is 0 Å². The molecule has 0 radical (unpaired) electrons. The zero-order chi connectivity index (χ0) is 13.1. The molecule has 0 aromatic heterocycles. The van der Waals surface area contributed by atoms with Crippen molar-refractivity contribution in [1.82, 2.24) is 0 Å². The normalized spacial score (nSPS) is 13.3. The molecule has 0 saturated carbocycles. The van der Waals surface area contributed by atoms with Gasteiger partial charge in [0.2, 0.25) is 0 Å². The second-order valence-electron chi connectivity index (χ2n) is 6.03. The first-order chi connectivity index (χ1) is 6.99. The van der Waals surface area contributed by atoms with Gasteiger partial charge in [-0.3, -0.25) is 9.36 Å². The van der Waals surface area contributed by atoms with E-state index >= 15 is 0 Å². The maximum Gasteiger partial charge on any atom is 0.311 e. The first-order valence-electron chi connectivity index (χ1n) is 5.81. The molecule has 0 aliphatic rings. The van der Waals surface area contributed by atoms with Crippen molar-refractivity contribution >= 4 is 13.3 Å². The summed E-state index contributed by atoms with van der Waals surface area (Å²) < 4.78 is 17.7. The van der Waals surface area contributed by atoms with Crippen LogP contribution in [-0.4, -0.2) is 17.3 Å². The molecule has 0 heterocycles. The number of carbonyl (C=O) groups is 1. The molecule has 0 aromatic carbocycles. The third-order valence-corrected chi connectivity index (χ3v) is 5.73. The van der Waals surface area contributed by atoms with Crippen LogP contribution in [0, 0.1) is 5.41 Å². The molecule has 0 saturated heterocycles. The molecule has 0 aliphatic heterocycles. The van der Waals surface area contributed by atoms with Gasteiger partial charge < -0.3 is 4.52 Å². The number of hydrogen-bond donors (Lipinski definition) is 0. The van der Waals surface area contributed by atoms with Gasteiger partial charge in [-0.1, -0.05) is 48.5 Å².